The average Bonchev–Trinajstić information content (AvgIpc) is 1.79. The van der Waals surface area contributed by atoms with E-state index in [2.05, 4.69) is 31.9 Å². The summed E-state index contributed by atoms with van der Waals surface area (Å²) in [4.78, 5) is 72.1. The maximum atomic E-state index is 12.2. The van der Waals surface area contributed by atoms with Crippen molar-refractivity contribution in [3.05, 3.63) is 191 Å². The molecule has 6 saturated heterocycles. The molecule has 6 aliphatic heterocycles. The number of carbonyl (C=O) groups is 6. The molecule has 125 heavy (non-hydrogen) atoms. The molecule has 30 unspecified atom stereocenters. The smallest absolute Gasteiger partial charge is 0.287 e. The van der Waals surface area contributed by atoms with Crippen molar-refractivity contribution in [1.82, 2.24) is 31.9 Å². The minimum atomic E-state index is -1.57. The third kappa shape index (κ3) is 26.2. The summed E-state index contributed by atoms with van der Waals surface area (Å²) < 4.78 is 45.5. The Kier molecular flexibility index (Phi) is 38.4. The van der Waals surface area contributed by atoms with Crippen LogP contribution in [-0.2, 0) is 34.8 Å². The van der Waals surface area contributed by atoms with E-state index in [1.807, 2.05) is 32.0 Å². The van der Waals surface area contributed by atoms with Gasteiger partial charge in [-0.2, -0.15) is 0 Å². The molecule has 44 heteroatoms. The number of carbonyl (C=O) groups excluding carboxylic acids is 6. The van der Waals surface area contributed by atoms with Crippen LogP contribution in [-0.4, -0.2) is 376 Å². The van der Waals surface area contributed by atoms with Crippen LogP contribution in [0, 0.1) is 13.8 Å². The molecule has 690 valence electrons. The lowest BCUT2D eigenvalue weighted by atomic mass is 9.93. The van der Waals surface area contributed by atoms with Gasteiger partial charge >= 0.3 is 0 Å². The van der Waals surface area contributed by atoms with Crippen molar-refractivity contribution in [3.8, 4) is 0 Å². The fraction of sp³-hybridized carbons (Fsp3) is 0.506. The topological polar surface area (TPSA) is 735 Å². The molecule has 13 rings (SSSR count). The van der Waals surface area contributed by atoms with Gasteiger partial charge in [0, 0.05) is 22.1 Å². The van der Waals surface area contributed by atoms with E-state index >= 15 is 0 Å². The van der Waals surface area contributed by atoms with Gasteiger partial charge in [-0.3, -0.25) is 28.8 Å². The molecular weight excluding hydrogens is 1660 g/mol. The van der Waals surface area contributed by atoms with E-state index in [4.69, 9.17) is 72.3 Å². The Balaban J connectivity index is 0.000000186. The summed E-state index contributed by atoms with van der Waals surface area (Å²) in [5, 5.41) is 236. The molecule has 7 aromatic rings. The zero-order valence-corrected chi connectivity index (χ0v) is 67.5. The number of amides is 6. The van der Waals surface area contributed by atoms with E-state index in [1.54, 1.807) is 105 Å². The number of furan rings is 3. The largest absolute Gasteiger partial charge is 0.472 e. The van der Waals surface area contributed by atoms with Crippen LogP contribution in [0.15, 0.2) is 153 Å². The monoisotopic (exact) mass is 1770 g/mol. The van der Waals surface area contributed by atoms with E-state index in [1.165, 1.54) is 30.7 Å². The molecule has 0 radical (unpaired) electrons. The normalized spacial score (nSPS) is 33.0. The average molecular weight is 1770 g/mol. The molecule has 3 aromatic heterocycles. The van der Waals surface area contributed by atoms with E-state index < -0.39 is 259 Å². The van der Waals surface area contributed by atoms with Crippen LogP contribution in [0.2, 0.25) is 0 Å². The van der Waals surface area contributed by atoms with E-state index in [0.29, 0.717) is 33.6 Å². The molecule has 44 nitrogen and oxygen atoms in total. The van der Waals surface area contributed by atoms with E-state index in [-0.39, 0.29) is 11.5 Å². The van der Waals surface area contributed by atoms with Crippen LogP contribution in [0.3, 0.4) is 0 Å². The number of hydrogen-bond acceptors (Lipinski definition) is 38. The van der Waals surface area contributed by atoms with Gasteiger partial charge in [0.25, 0.3) is 35.4 Å². The second-order valence-corrected chi connectivity index (χ2v) is 29.5. The summed E-state index contributed by atoms with van der Waals surface area (Å²) in [5.74, 6) is -2.69. The fourth-order valence-electron chi connectivity index (χ4n) is 13.5. The SMILES string of the molecule is CC1OC(CO)C(O)C(O)C1NC(=O)c1ccoc1.CCc1ccc(C(=O)NC2C(O)OC(CO)C(O)C2O)cc1.Cc1ccc(C(=O)NC2C(O)OC(CO)C(O)C2O)o1.Cc1cccc(C(=O)NC2C(O)OC(CO)C(O)C2O)c1.O=C(NC1C(O)OC(CO)C(O)C1O)c1cc2ccccc2o1.O=C(NC1C(O)OC(CO)C(O)C1O)c1ccccc1. The van der Waals surface area contributed by atoms with Gasteiger partial charge in [-0.15, -0.1) is 0 Å². The van der Waals surface area contributed by atoms with Crippen LogP contribution in [0.25, 0.3) is 11.0 Å². The number of rotatable bonds is 19. The van der Waals surface area contributed by atoms with Crippen molar-refractivity contribution >= 4 is 46.4 Å². The van der Waals surface area contributed by atoms with Crippen molar-refractivity contribution in [2.45, 2.75) is 218 Å². The lowest BCUT2D eigenvalue weighted by Crippen LogP contribution is -2.64. The van der Waals surface area contributed by atoms with Gasteiger partial charge in [0.1, 0.15) is 158 Å². The Labute approximate surface area is 711 Å². The van der Waals surface area contributed by atoms with Gasteiger partial charge in [-0.05, 0) is 99.5 Å². The maximum absolute atomic E-state index is 12.2. The minimum Gasteiger partial charge on any atom is -0.472 e. The summed E-state index contributed by atoms with van der Waals surface area (Å²) in [6.07, 6.45) is -27.9. The third-order valence-corrected chi connectivity index (χ3v) is 20.8. The van der Waals surface area contributed by atoms with Crippen molar-refractivity contribution in [3.63, 3.8) is 0 Å². The first-order valence-electron chi connectivity index (χ1n) is 39.2. The van der Waals surface area contributed by atoms with Gasteiger partial charge in [0.05, 0.1) is 63.6 Å². The van der Waals surface area contributed by atoms with Crippen molar-refractivity contribution in [1.29, 1.82) is 0 Å². The Bertz CT molecular complexity index is 4460. The summed E-state index contributed by atoms with van der Waals surface area (Å²) in [6.45, 7) is 3.98. The zero-order valence-electron chi connectivity index (χ0n) is 67.5. The van der Waals surface area contributed by atoms with Gasteiger partial charge < -0.3 is 191 Å². The molecule has 0 aliphatic carbocycles. The number of nitrogens with one attached hydrogen (secondary N) is 6. The standard InChI is InChI=1S/C15H17NO7.C15H21NO6.C14H19NO6.C13H17NO6.C12H17NO7.C12H17NO6/c17-6-10-12(18)13(19)11(15(21)23-10)16-14(20)9-5-7-3-1-2-4-8(7)22-9;1-2-8-3-5-9(6-4-8)14(20)16-11-13(19)12(18)10(7-17)22-15(11)21;1-7-3-2-4-8(5-7)13(19)15-10-12(18)11(17)9(6-16)21-14(10)20;15-6-8-10(16)11(17)9(13(19)20-8)14-12(18)7-4-2-1-3-5-7;1-5-2-3-6(19-5)11(17)13-8-10(16)9(15)7(4-14)20-12(8)18;1-6-9(11(16)10(15)8(4-14)19-6)13-12(17)7-2-3-18-5-7/h1-5,10-13,15,17-19,21H,6H2,(H,16,20);3-6,10-13,15,17-19,21H,2,7H2,1H3,(H,16,20);2-5,9-12,14,16-18,20H,6H2,1H3,(H,15,19);1-5,8-11,13,15-17,19H,6H2,(H,14,18);2-3,7-10,12,14-16,18H,4H2,1H3,(H,13,17);2-3,5-6,8-11,14-16H,4H2,1H3,(H,13,17). The van der Waals surface area contributed by atoms with Crippen molar-refractivity contribution in [2.75, 3.05) is 39.6 Å². The van der Waals surface area contributed by atoms with Crippen LogP contribution in [0.4, 0.5) is 0 Å². The zero-order chi connectivity index (χ0) is 92.0. The Hall–Kier alpha value is -9.36. The summed E-state index contributed by atoms with van der Waals surface area (Å²) in [7, 11) is 0. The van der Waals surface area contributed by atoms with Crippen LogP contribution >= 0.6 is 0 Å². The molecule has 6 fully saturated rings. The molecule has 29 N–H and O–H groups in total. The first-order chi connectivity index (χ1) is 59.4. The number of aliphatic hydroxyl groups is 23. The molecular formula is C81H108N6O38. The summed E-state index contributed by atoms with van der Waals surface area (Å²) >= 11 is 0. The highest BCUT2D eigenvalue weighted by Gasteiger charge is 2.50. The quantitative estimate of drug-likeness (QED) is 0.0357. The van der Waals surface area contributed by atoms with Gasteiger partial charge in [-0.1, -0.05) is 73.2 Å². The molecule has 30 atom stereocenters. The predicted octanol–water partition coefficient (Wildman–Crippen LogP) is -8.52. The predicted molar refractivity (Wildman–Crippen MR) is 423 cm³/mol. The van der Waals surface area contributed by atoms with Crippen LogP contribution in [0.5, 0.6) is 0 Å². The minimum absolute atomic E-state index is 0.00405. The highest BCUT2D eigenvalue weighted by molar-refractivity contribution is 5.97. The first-order valence-corrected chi connectivity index (χ1v) is 39.2. The number of aliphatic hydroxyl groups excluding tert-OH is 23. The Morgan fingerprint density at radius 2 is 0.664 bits per heavy atom. The van der Waals surface area contributed by atoms with Crippen molar-refractivity contribution in [2.24, 2.45) is 0 Å². The number of para-hydroxylation sites is 1. The molecule has 0 bridgehead atoms. The lowest BCUT2D eigenvalue weighted by molar-refractivity contribution is -0.252. The van der Waals surface area contributed by atoms with Crippen molar-refractivity contribution < 1.29 is 188 Å². The third-order valence-electron chi connectivity index (χ3n) is 20.8. The van der Waals surface area contributed by atoms with E-state index in [9.17, 15) is 116 Å². The number of aryl methyl sites for hydroxylation is 3. The molecule has 4 aromatic carbocycles. The molecule has 9 heterocycles. The second kappa shape index (κ2) is 47.4. The van der Waals surface area contributed by atoms with Gasteiger partial charge in [0.2, 0.25) is 0 Å². The van der Waals surface area contributed by atoms with Crippen LogP contribution in [0.1, 0.15) is 93.3 Å². The number of benzene rings is 4. The number of ether oxygens (including phenoxy) is 6. The van der Waals surface area contributed by atoms with Crippen LogP contribution < -0.4 is 31.9 Å². The second-order valence-electron chi connectivity index (χ2n) is 29.5. The van der Waals surface area contributed by atoms with E-state index in [0.717, 1.165) is 22.9 Å². The molecule has 0 spiro atoms. The first kappa shape index (κ1) is 101. The summed E-state index contributed by atoms with van der Waals surface area (Å²) in [6, 6.07) is 28.3. The summed E-state index contributed by atoms with van der Waals surface area (Å²) in [5.41, 5.74) is 3.91. The highest BCUT2D eigenvalue weighted by atomic mass is 16.7. The molecule has 6 amide bonds. The maximum Gasteiger partial charge on any atom is 0.287 e. The number of fused-ring (bicyclic) bond motifs is 1. The van der Waals surface area contributed by atoms with Gasteiger partial charge in [-0.25, -0.2) is 0 Å². The molecule has 0 saturated carbocycles. The molecule has 6 aliphatic rings. The Morgan fingerprint density at radius 3 is 1.03 bits per heavy atom. The highest BCUT2D eigenvalue weighted by Crippen LogP contribution is 2.28. The Morgan fingerprint density at radius 1 is 0.320 bits per heavy atom. The fourth-order valence-corrected chi connectivity index (χ4v) is 13.5. The number of hydrogen-bond donors (Lipinski definition) is 29. The van der Waals surface area contributed by atoms with Gasteiger partial charge in [0.15, 0.2) is 43.0 Å². The lowest BCUT2D eigenvalue weighted by Gasteiger charge is -2.41.